The fourth-order valence-corrected chi connectivity index (χ4v) is 1.81. The lowest BCUT2D eigenvalue weighted by Gasteiger charge is -2.14. The smallest absolute Gasteiger partial charge is 0.231 e. The highest BCUT2D eigenvalue weighted by atomic mass is 16.7. The molecule has 1 atom stereocenters. The van der Waals surface area contributed by atoms with Gasteiger partial charge in [0, 0.05) is 6.42 Å². The highest BCUT2D eigenvalue weighted by molar-refractivity contribution is 5.76. The van der Waals surface area contributed by atoms with Crippen LogP contribution in [-0.2, 0) is 4.79 Å². The fraction of sp³-hybridized carbons (Fsp3) is 0.462. The molecule has 4 nitrogen and oxygen atoms in total. The normalized spacial score (nSPS) is 14.5. The third-order valence-corrected chi connectivity index (χ3v) is 2.75. The summed E-state index contributed by atoms with van der Waals surface area (Å²) >= 11 is 0. The molecule has 92 valence electrons. The molecule has 1 aromatic rings. The maximum absolute atomic E-state index is 11.5. The Balaban J connectivity index is 2.04. The Bertz CT molecular complexity index is 417. The molecule has 0 spiro atoms. The number of nitrogens with one attached hydrogen (secondary N) is 1. The first kappa shape index (κ1) is 11.8. The maximum atomic E-state index is 11.5. The molecular formula is C13H17NO3. The van der Waals surface area contributed by atoms with Gasteiger partial charge in [-0.25, -0.2) is 0 Å². The van der Waals surface area contributed by atoms with Gasteiger partial charge in [-0.05, 0) is 31.0 Å². The second kappa shape index (κ2) is 5.08. The molecule has 1 heterocycles. The zero-order valence-electron chi connectivity index (χ0n) is 10.2. The van der Waals surface area contributed by atoms with Gasteiger partial charge in [0.2, 0.25) is 12.7 Å². The standard InChI is InChI=1S/C13H17NO3/c1-3-4-13(15)14-9(2)10-5-6-11-12(7-10)17-8-16-11/h5-7,9H,3-4,8H2,1-2H3,(H,14,15). The van der Waals surface area contributed by atoms with Gasteiger partial charge < -0.3 is 14.8 Å². The molecule has 1 aliphatic heterocycles. The van der Waals surface area contributed by atoms with Crippen molar-refractivity contribution >= 4 is 5.91 Å². The van der Waals surface area contributed by atoms with Crippen molar-refractivity contribution in [3.63, 3.8) is 0 Å². The first-order chi connectivity index (χ1) is 8.20. The third-order valence-electron chi connectivity index (χ3n) is 2.75. The molecule has 1 aromatic carbocycles. The van der Waals surface area contributed by atoms with Crippen LogP contribution < -0.4 is 14.8 Å². The SMILES string of the molecule is CCCC(=O)NC(C)c1ccc2c(c1)OCO2. The number of fused-ring (bicyclic) bond motifs is 1. The van der Waals surface area contributed by atoms with E-state index < -0.39 is 0 Å². The molecule has 1 N–H and O–H groups in total. The maximum Gasteiger partial charge on any atom is 0.231 e. The van der Waals surface area contributed by atoms with Crippen molar-refractivity contribution in [2.24, 2.45) is 0 Å². The summed E-state index contributed by atoms with van der Waals surface area (Å²) in [7, 11) is 0. The molecule has 1 aliphatic rings. The van der Waals surface area contributed by atoms with E-state index >= 15 is 0 Å². The summed E-state index contributed by atoms with van der Waals surface area (Å²) in [5, 5.41) is 2.95. The quantitative estimate of drug-likeness (QED) is 0.871. The molecule has 2 rings (SSSR count). The minimum atomic E-state index is -0.0106. The van der Waals surface area contributed by atoms with Crippen LogP contribution in [0.4, 0.5) is 0 Å². The summed E-state index contributed by atoms with van der Waals surface area (Å²) < 4.78 is 10.6. The molecule has 0 aliphatic carbocycles. The lowest BCUT2D eigenvalue weighted by molar-refractivity contribution is -0.121. The minimum Gasteiger partial charge on any atom is -0.454 e. The molecule has 0 fully saturated rings. The zero-order chi connectivity index (χ0) is 12.3. The number of hydrogen-bond donors (Lipinski definition) is 1. The van der Waals surface area contributed by atoms with Crippen molar-refractivity contribution in [2.45, 2.75) is 32.7 Å². The molecule has 1 unspecified atom stereocenters. The first-order valence-corrected chi connectivity index (χ1v) is 5.89. The number of rotatable bonds is 4. The number of carbonyl (C=O) groups excluding carboxylic acids is 1. The first-order valence-electron chi connectivity index (χ1n) is 5.89. The number of benzene rings is 1. The van der Waals surface area contributed by atoms with Crippen LogP contribution in [0.5, 0.6) is 11.5 Å². The molecule has 0 saturated carbocycles. The van der Waals surface area contributed by atoms with Crippen LogP contribution in [0.3, 0.4) is 0 Å². The third kappa shape index (κ3) is 2.70. The van der Waals surface area contributed by atoms with Crippen LogP contribution in [0, 0.1) is 0 Å². The van der Waals surface area contributed by atoms with Crippen molar-refractivity contribution in [1.29, 1.82) is 0 Å². The summed E-state index contributed by atoms with van der Waals surface area (Å²) in [6, 6.07) is 5.73. The predicted molar refractivity (Wildman–Crippen MR) is 64.0 cm³/mol. The Morgan fingerprint density at radius 3 is 2.94 bits per heavy atom. The van der Waals surface area contributed by atoms with E-state index in [0.29, 0.717) is 6.42 Å². The second-order valence-electron chi connectivity index (χ2n) is 4.15. The van der Waals surface area contributed by atoms with Crippen LogP contribution >= 0.6 is 0 Å². The summed E-state index contributed by atoms with van der Waals surface area (Å²) in [6.07, 6.45) is 1.43. The summed E-state index contributed by atoms with van der Waals surface area (Å²) in [5.41, 5.74) is 1.03. The van der Waals surface area contributed by atoms with E-state index in [1.807, 2.05) is 32.0 Å². The monoisotopic (exact) mass is 235 g/mol. The largest absolute Gasteiger partial charge is 0.454 e. The van der Waals surface area contributed by atoms with Crippen molar-refractivity contribution in [3.8, 4) is 11.5 Å². The summed E-state index contributed by atoms with van der Waals surface area (Å²) in [6.45, 7) is 4.23. The lowest BCUT2D eigenvalue weighted by atomic mass is 10.1. The average Bonchev–Trinajstić information content (AvgIpc) is 2.75. The van der Waals surface area contributed by atoms with Crippen molar-refractivity contribution in [2.75, 3.05) is 6.79 Å². The Kier molecular flexibility index (Phi) is 3.52. The minimum absolute atomic E-state index is 0.0106. The predicted octanol–water partition coefficient (Wildman–Crippen LogP) is 2.39. The molecule has 17 heavy (non-hydrogen) atoms. The Hall–Kier alpha value is -1.71. The highest BCUT2D eigenvalue weighted by Gasteiger charge is 2.16. The van der Waals surface area contributed by atoms with Crippen LogP contribution in [0.2, 0.25) is 0 Å². The molecule has 0 bridgehead atoms. The van der Waals surface area contributed by atoms with Gasteiger partial charge in [-0.3, -0.25) is 4.79 Å². The fourth-order valence-electron chi connectivity index (χ4n) is 1.81. The molecule has 0 saturated heterocycles. The van der Waals surface area contributed by atoms with E-state index in [0.717, 1.165) is 23.5 Å². The van der Waals surface area contributed by atoms with E-state index in [4.69, 9.17) is 9.47 Å². The van der Waals surface area contributed by atoms with Crippen LogP contribution in [-0.4, -0.2) is 12.7 Å². The van der Waals surface area contributed by atoms with E-state index in [9.17, 15) is 4.79 Å². The number of amides is 1. The average molecular weight is 235 g/mol. The van der Waals surface area contributed by atoms with E-state index in [-0.39, 0.29) is 18.7 Å². The highest BCUT2D eigenvalue weighted by Crippen LogP contribution is 2.34. The molecule has 0 radical (unpaired) electrons. The van der Waals surface area contributed by atoms with Crippen molar-refractivity contribution < 1.29 is 14.3 Å². The Morgan fingerprint density at radius 2 is 2.18 bits per heavy atom. The lowest BCUT2D eigenvalue weighted by Crippen LogP contribution is -2.26. The zero-order valence-corrected chi connectivity index (χ0v) is 10.2. The van der Waals surface area contributed by atoms with Crippen molar-refractivity contribution in [1.82, 2.24) is 5.32 Å². The topological polar surface area (TPSA) is 47.6 Å². The van der Waals surface area contributed by atoms with E-state index in [1.165, 1.54) is 0 Å². The van der Waals surface area contributed by atoms with Crippen LogP contribution in [0.25, 0.3) is 0 Å². The number of carbonyl (C=O) groups is 1. The van der Waals surface area contributed by atoms with E-state index in [1.54, 1.807) is 0 Å². The molecule has 0 aromatic heterocycles. The van der Waals surface area contributed by atoms with Gasteiger partial charge in [0.25, 0.3) is 0 Å². The van der Waals surface area contributed by atoms with Crippen LogP contribution in [0.15, 0.2) is 18.2 Å². The van der Waals surface area contributed by atoms with Gasteiger partial charge in [0.05, 0.1) is 6.04 Å². The van der Waals surface area contributed by atoms with Gasteiger partial charge in [0.1, 0.15) is 0 Å². The molecule has 1 amide bonds. The van der Waals surface area contributed by atoms with Gasteiger partial charge in [0.15, 0.2) is 11.5 Å². The Morgan fingerprint density at radius 1 is 1.41 bits per heavy atom. The van der Waals surface area contributed by atoms with E-state index in [2.05, 4.69) is 5.32 Å². The van der Waals surface area contributed by atoms with Gasteiger partial charge in [-0.15, -0.1) is 0 Å². The number of hydrogen-bond acceptors (Lipinski definition) is 3. The number of ether oxygens (including phenoxy) is 2. The Labute approximate surface area is 101 Å². The summed E-state index contributed by atoms with van der Waals surface area (Å²) in [4.78, 5) is 11.5. The second-order valence-corrected chi connectivity index (χ2v) is 4.15. The molecule has 4 heteroatoms. The van der Waals surface area contributed by atoms with Crippen LogP contribution in [0.1, 0.15) is 38.3 Å². The van der Waals surface area contributed by atoms with Gasteiger partial charge in [-0.2, -0.15) is 0 Å². The van der Waals surface area contributed by atoms with Crippen molar-refractivity contribution in [3.05, 3.63) is 23.8 Å². The summed E-state index contributed by atoms with van der Waals surface area (Å²) in [5.74, 6) is 1.59. The van der Waals surface area contributed by atoms with Gasteiger partial charge >= 0.3 is 0 Å². The molecular weight excluding hydrogens is 218 g/mol. The van der Waals surface area contributed by atoms with Gasteiger partial charge in [-0.1, -0.05) is 13.0 Å².